The Bertz CT molecular complexity index is 1520. The molecule has 0 aliphatic rings. The number of hydrogen-bond acceptors (Lipinski definition) is 16. The minimum atomic E-state index is -4.64. The van der Waals surface area contributed by atoms with Gasteiger partial charge in [-0.05, 0) is 27.0 Å². The van der Waals surface area contributed by atoms with Crippen LogP contribution in [-0.4, -0.2) is 125 Å². The number of esters is 2. The summed E-state index contributed by atoms with van der Waals surface area (Å²) in [5, 5.41) is 25.0. The quantitative estimate of drug-likeness (QED) is 0.00744. The van der Waals surface area contributed by atoms with E-state index in [4.69, 9.17) is 41.9 Å². The summed E-state index contributed by atoms with van der Waals surface area (Å²) in [5.41, 5.74) is 6.79. The van der Waals surface area contributed by atoms with Gasteiger partial charge < -0.3 is 30.4 Å². The SMILES string of the molecule is CCCCCCCCCCCCCCC(Br)C(=O)OC.CCCCCCCCCCCCCCC(ON)C(=O)O.CCCCCCCCCCCCCCC(ONC)C(=O)O.CCCCCCCCCCCCCCC(ONC)C(=O)OC.CNO.O=CC(F)(F)F.[2H][B].[Na+].[OH-].[U]. The number of hydroxylamine groups is 3. The van der Waals surface area contributed by atoms with Gasteiger partial charge in [0.25, 0.3) is 0 Å². The van der Waals surface area contributed by atoms with Crippen molar-refractivity contribution in [2.24, 2.45) is 5.90 Å². The van der Waals surface area contributed by atoms with E-state index < -0.39 is 42.7 Å². The minimum absolute atomic E-state index is 0. The predicted octanol–water partition coefficient (Wildman–Crippen LogP) is 16.4. The predicted molar refractivity (Wildman–Crippen MR) is 384 cm³/mol. The van der Waals surface area contributed by atoms with Crippen molar-refractivity contribution in [3.05, 3.63) is 0 Å². The molecular weight excluding hydrogens is 1540 g/mol. The van der Waals surface area contributed by atoms with E-state index in [0.29, 0.717) is 12.8 Å². The molecule has 0 aliphatic carbocycles. The van der Waals surface area contributed by atoms with Gasteiger partial charge in [-0.2, -0.15) is 13.2 Å². The summed E-state index contributed by atoms with van der Waals surface area (Å²) < 4.78 is 45.9. The van der Waals surface area contributed by atoms with Gasteiger partial charge in [0, 0.05) is 60.6 Å². The third-order valence-corrected chi connectivity index (χ3v) is 16.4. The van der Waals surface area contributed by atoms with Crippen LogP contribution in [0.3, 0.4) is 0 Å². The van der Waals surface area contributed by atoms with Crippen LogP contribution in [0, 0.1) is 31.1 Å². The first-order chi connectivity index (χ1) is 45.4. The average molecular weight is 1690 g/mol. The molecule has 0 bridgehead atoms. The second-order valence-corrected chi connectivity index (χ2v) is 25.1. The number of rotatable bonds is 61. The number of halogens is 4. The molecular formula is C71H146BBrF3N4NaO14U. The van der Waals surface area contributed by atoms with Gasteiger partial charge in [-0.3, -0.25) is 24.1 Å². The smallest absolute Gasteiger partial charge is 0.870 e. The van der Waals surface area contributed by atoms with E-state index >= 15 is 0 Å². The molecule has 18 nitrogen and oxygen atoms in total. The van der Waals surface area contributed by atoms with Crippen LogP contribution in [0.4, 0.5) is 13.2 Å². The molecule has 4 atom stereocenters. The average Bonchev–Trinajstić information content (AvgIpc) is 2.65. The van der Waals surface area contributed by atoms with E-state index in [9.17, 15) is 32.3 Å². The molecule has 9 N–H and O–H groups in total. The molecule has 0 aromatic carbocycles. The summed E-state index contributed by atoms with van der Waals surface area (Å²) in [4.78, 5) is 67.3. The summed E-state index contributed by atoms with van der Waals surface area (Å²) in [5.74, 6) is 2.65. The molecule has 0 fully saturated rings. The molecule has 4 unspecified atom stereocenters. The van der Waals surface area contributed by atoms with Crippen molar-refractivity contribution in [1.82, 2.24) is 16.4 Å². The molecule has 96 heavy (non-hydrogen) atoms. The molecule has 2 radical (unpaired) electrons. The number of aldehydes is 1. The first-order valence-electron chi connectivity index (χ1n) is 37.1. The van der Waals surface area contributed by atoms with Crippen molar-refractivity contribution in [2.45, 2.75) is 391 Å². The molecule has 0 spiro atoms. The van der Waals surface area contributed by atoms with Crippen molar-refractivity contribution in [3.63, 3.8) is 0 Å². The van der Waals surface area contributed by atoms with E-state index in [1.54, 1.807) is 19.6 Å². The van der Waals surface area contributed by atoms with Crippen LogP contribution in [-0.2, 0) is 48.0 Å². The second kappa shape index (κ2) is 101. The van der Waals surface area contributed by atoms with Crippen LogP contribution in [0.1, 0.15) is 362 Å². The third-order valence-electron chi connectivity index (χ3n) is 15.6. The second-order valence-electron chi connectivity index (χ2n) is 24.0. The van der Waals surface area contributed by atoms with Gasteiger partial charge in [0.1, 0.15) is 4.83 Å². The number of carboxylic acid groups (broad SMARTS) is 2. The van der Waals surface area contributed by atoms with Crippen LogP contribution >= 0.6 is 15.9 Å². The Balaban J connectivity index is -0.000000122. The van der Waals surface area contributed by atoms with Crippen molar-refractivity contribution in [3.8, 4) is 0 Å². The van der Waals surface area contributed by atoms with Crippen molar-refractivity contribution >= 4 is 54.5 Å². The zero-order valence-electron chi connectivity index (χ0n) is 63.7. The van der Waals surface area contributed by atoms with Gasteiger partial charge in [0.15, 0.2) is 18.3 Å². The molecule has 0 aromatic rings. The fourth-order valence-electron chi connectivity index (χ4n) is 10.0. The van der Waals surface area contributed by atoms with Crippen LogP contribution in [0.25, 0.3) is 0 Å². The van der Waals surface area contributed by atoms with Crippen LogP contribution in [0.5, 0.6) is 0 Å². The first kappa shape index (κ1) is 114. The molecule has 0 amide bonds. The number of carbonyl (C=O) groups excluding carboxylic acids is 3. The zero-order chi connectivity index (χ0) is 72.3. The summed E-state index contributed by atoms with van der Waals surface area (Å²) in [7, 11) is 11.3. The number of ether oxygens (including phenoxy) is 2. The number of nitrogens with one attached hydrogen (secondary N) is 3. The Morgan fingerprint density at radius 2 is 0.635 bits per heavy atom. The van der Waals surface area contributed by atoms with E-state index in [1.807, 2.05) is 0 Å². The molecule has 0 saturated heterocycles. The van der Waals surface area contributed by atoms with Gasteiger partial charge in [0.2, 0.25) is 6.29 Å². The Morgan fingerprint density at radius 1 is 0.448 bits per heavy atom. The molecule has 0 heterocycles. The fraction of sp³-hybridized carbons (Fsp3) is 0.930. The van der Waals surface area contributed by atoms with Crippen molar-refractivity contribution in [2.75, 3.05) is 35.4 Å². The van der Waals surface area contributed by atoms with Crippen LogP contribution < -0.4 is 51.9 Å². The standard InChI is InChI=1S/C18H37NO3.C17H33BrO2.C17H35NO3.C16H33NO3.C2HF3O.CH5NO.BH.Na.H2O.U/c1-4-5-6-7-8-9-10-11-12-13-14-15-16-17(22-19-2)18(20)21-3;1-3-4-5-6-7-8-9-10-11-12-13-14-15-16(18)17(19)20-2;1-3-4-5-6-7-8-9-10-11-12-13-14-15-16(17(19)20)21-18-2;1-2-3-4-5-6-7-8-9-10-11-12-13-14-15(20-17)16(18)19;3-2(4,5)1-6;1-2-3;;;;/h17,19H,4-16H2,1-3H3;16H,3-15H2,1-2H3;16,18H,3-15H2,1-2H3,(H,19,20);15H,2-14,17H2,1H3,(H,18,19);1H;2-3H,1H3;1H;;1H2;/q;;;;;;;+1;;/p-1/i;;;;;;1D;;;. The monoisotopic (exact) mass is 1690 g/mol. The van der Waals surface area contributed by atoms with Crippen LogP contribution in [0.15, 0.2) is 0 Å². The van der Waals surface area contributed by atoms with Crippen molar-refractivity contribution < 1.29 is 143 Å². The van der Waals surface area contributed by atoms with E-state index in [-0.39, 0.29) is 82.9 Å². The number of alkyl halides is 4. The maximum absolute atomic E-state index is 11.4. The number of carboxylic acids is 2. The maximum Gasteiger partial charge on any atom is 1.00 e. The molecule has 0 saturated carbocycles. The van der Waals surface area contributed by atoms with Gasteiger partial charge in [-0.1, -0.05) is 352 Å². The Kier molecular flexibility index (Phi) is 120. The van der Waals surface area contributed by atoms with Gasteiger partial charge in [0.05, 0.1) is 14.2 Å². The van der Waals surface area contributed by atoms with Crippen molar-refractivity contribution in [1.29, 1.82) is 1.34 Å². The summed E-state index contributed by atoms with van der Waals surface area (Å²) in [6, 6.07) is 0. The number of nitrogens with two attached hydrogens (primary N) is 1. The van der Waals surface area contributed by atoms with Gasteiger partial charge >= 0.3 is 59.6 Å². The Hall–Kier alpha value is -0.423. The first-order valence-corrected chi connectivity index (χ1v) is 37.4. The minimum Gasteiger partial charge on any atom is -0.870 e. The Labute approximate surface area is 642 Å². The summed E-state index contributed by atoms with van der Waals surface area (Å²) >= 11 is 3.36. The van der Waals surface area contributed by atoms with E-state index in [0.717, 1.165) is 57.8 Å². The molecule has 0 aliphatic heterocycles. The molecule has 0 aromatic heterocycles. The Morgan fingerprint density at radius 3 is 0.823 bits per heavy atom. The molecule has 570 valence electrons. The summed E-state index contributed by atoms with van der Waals surface area (Å²) in [6.45, 7) is 9.03. The molecule has 25 heteroatoms. The number of methoxy groups -OCH3 is 2. The maximum atomic E-state index is 11.4. The largest absolute Gasteiger partial charge is 1.00 e. The molecule has 0 rings (SSSR count). The van der Waals surface area contributed by atoms with Gasteiger partial charge in [-0.15, -0.1) is 0 Å². The third kappa shape index (κ3) is 107. The number of unbranched alkanes of at least 4 members (excludes halogenated alkanes) is 44. The normalized spacial score (nSPS) is 11.7. The number of carbonyl (C=O) groups is 5. The zero-order valence-corrected chi connectivity index (χ0v) is 70.4. The number of aliphatic carboxylic acids is 2. The van der Waals surface area contributed by atoms with E-state index in [1.165, 1.54) is 285 Å². The fourth-order valence-corrected chi connectivity index (χ4v) is 10.6. The van der Waals surface area contributed by atoms with Gasteiger partial charge in [-0.25, -0.2) is 36.7 Å². The topological polar surface area (TPSA) is 284 Å². The van der Waals surface area contributed by atoms with E-state index in [2.05, 4.69) is 72.5 Å². The summed E-state index contributed by atoms with van der Waals surface area (Å²) in [6.07, 6.45) is 57.7. The number of hydrogen-bond donors (Lipinski definition) is 7. The van der Waals surface area contributed by atoms with Crippen LogP contribution in [0.2, 0.25) is 0 Å².